The minimum atomic E-state index is -3.51. The van der Waals surface area contributed by atoms with E-state index >= 15 is 0 Å². The van der Waals surface area contributed by atoms with Crippen LogP contribution in [-0.4, -0.2) is 73.3 Å². The highest BCUT2D eigenvalue weighted by molar-refractivity contribution is 7.91. The van der Waals surface area contributed by atoms with E-state index in [1.54, 1.807) is 18.5 Å². The lowest BCUT2D eigenvalue weighted by atomic mass is 9.86. The van der Waals surface area contributed by atoms with Crippen molar-refractivity contribution in [1.82, 2.24) is 19.3 Å². The Hall–Kier alpha value is -2.50. The molecule has 3 aromatic rings. The van der Waals surface area contributed by atoms with Gasteiger partial charge in [0.1, 0.15) is 17.8 Å². The summed E-state index contributed by atoms with van der Waals surface area (Å²) < 4.78 is 53.6. The van der Waals surface area contributed by atoms with Crippen molar-refractivity contribution in [2.24, 2.45) is 5.92 Å². The van der Waals surface area contributed by atoms with Gasteiger partial charge in [0.2, 0.25) is 10.0 Å². The summed E-state index contributed by atoms with van der Waals surface area (Å²) in [6.45, 7) is 0.343. The fourth-order valence-corrected chi connectivity index (χ4v) is 9.37. The number of aromatic amines is 1. The first-order valence-electron chi connectivity index (χ1n) is 12.5. The number of hydrogen-bond donors (Lipinski definition) is 1. The Morgan fingerprint density at radius 2 is 1.75 bits per heavy atom. The molecule has 0 bridgehead atoms. The van der Waals surface area contributed by atoms with Gasteiger partial charge in [-0.25, -0.2) is 31.1 Å². The second-order valence-electron chi connectivity index (χ2n) is 10.1. The summed E-state index contributed by atoms with van der Waals surface area (Å²) in [6.07, 6.45) is 7.19. The zero-order valence-corrected chi connectivity index (χ0v) is 22.1. The summed E-state index contributed by atoms with van der Waals surface area (Å²) in [5, 5.41) is 0.338. The number of rotatable bonds is 8. The van der Waals surface area contributed by atoms with Gasteiger partial charge in [-0.1, -0.05) is 30.3 Å². The van der Waals surface area contributed by atoms with E-state index in [1.165, 1.54) is 4.31 Å². The van der Waals surface area contributed by atoms with Gasteiger partial charge in [0.05, 0.1) is 22.1 Å². The molecular weight excluding hydrogens is 498 g/mol. The van der Waals surface area contributed by atoms with Crippen LogP contribution in [0.25, 0.3) is 11.0 Å². The monoisotopic (exact) mass is 531 g/mol. The SMILES string of the molecule is CN(c1ncnc2[nH]ccc12)C1CCC(CS(=O)(=O)N2CC[C@H](S(=O)(=O)Cc3ccccc3)C2)CC1. The molecule has 3 heterocycles. The third-order valence-electron chi connectivity index (χ3n) is 7.70. The Morgan fingerprint density at radius 3 is 2.50 bits per heavy atom. The summed E-state index contributed by atoms with van der Waals surface area (Å²) in [4.78, 5) is 14.0. The van der Waals surface area contributed by atoms with Crippen molar-refractivity contribution in [3.63, 3.8) is 0 Å². The van der Waals surface area contributed by atoms with Gasteiger partial charge in [0.25, 0.3) is 0 Å². The molecule has 11 heteroatoms. The summed E-state index contributed by atoms with van der Waals surface area (Å²) in [7, 11) is -4.89. The maximum atomic E-state index is 13.2. The Balaban J connectivity index is 1.16. The van der Waals surface area contributed by atoms with Gasteiger partial charge in [-0.2, -0.15) is 0 Å². The summed E-state index contributed by atoms with van der Waals surface area (Å²) in [5.41, 5.74) is 1.54. The van der Waals surface area contributed by atoms with E-state index in [-0.39, 0.29) is 36.6 Å². The molecule has 9 nitrogen and oxygen atoms in total. The number of sulfonamides is 1. The van der Waals surface area contributed by atoms with E-state index in [0.717, 1.165) is 48.1 Å². The number of benzene rings is 1. The zero-order chi connectivity index (χ0) is 25.3. The Kier molecular flexibility index (Phi) is 7.06. The average Bonchev–Trinajstić information content (AvgIpc) is 3.55. The van der Waals surface area contributed by atoms with Gasteiger partial charge >= 0.3 is 0 Å². The third kappa shape index (κ3) is 5.28. The van der Waals surface area contributed by atoms with Crippen molar-refractivity contribution in [3.8, 4) is 0 Å². The molecule has 2 aliphatic rings. The molecule has 1 saturated heterocycles. The standard InChI is InChI=1S/C25H33N5O4S2/c1-29(25-23-11-13-26-24(23)27-18-28-25)21-9-7-20(8-10-21)17-36(33,34)30-14-12-22(15-30)35(31,32)16-19-5-3-2-4-6-19/h2-6,11,13,18,20-22H,7-10,12,14-17H2,1H3,(H,26,27,28)/t20?,21?,22-/m0/s1. The Morgan fingerprint density at radius 1 is 1.00 bits per heavy atom. The summed E-state index contributed by atoms with van der Waals surface area (Å²) in [6, 6.07) is 11.3. The highest BCUT2D eigenvalue weighted by Crippen LogP contribution is 2.33. The quantitative estimate of drug-likeness (QED) is 0.475. The molecule has 0 amide bonds. The number of H-pyrrole nitrogens is 1. The maximum absolute atomic E-state index is 13.2. The van der Waals surface area contributed by atoms with Gasteiger partial charge < -0.3 is 9.88 Å². The minimum absolute atomic E-state index is 0.0503. The third-order valence-corrected chi connectivity index (χ3v) is 11.8. The van der Waals surface area contributed by atoms with Crippen LogP contribution in [0.5, 0.6) is 0 Å². The van der Waals surface area contributed by atoms with E-state index in [0.29, 0.717) is 6.42 Å². The molecule has 0 radical (unpaired) electrons. The number of aromatic nitrogens is 3. The van der Waals surface area contributed by atoms with E-state index in [2.05, 4.69) is 19.9 Å². The molecule has 1 aliphatic heterocycles. The second kappa shape index (κ2) is 10.1. The molecule has 36 heavy (non-hydrogen) atoms. The van der Waals surface area contributed by atoms with E-state index in [4.69, 9.17) is 0 Å². The maximum Gasteiger partial charge on any atom is 0.214 e. The molecule has 0 unspecified atom stereocenters. The molecule has 194 valence electrons. The number of sulfone groups is 1. The normalized spacial score (nSPS) is 23.8. The van der Waals surface area contributed by atoms with E-state index in [1.807, 2.05) is 37.5 Å². The van der Waals surface area contributed by atoms with Crippen molar-refractivity contribution in [3.05, 3.63) is 54.5 Å². The topological polar surface area (TPSA) is 116 Å². The first-order valence-corrected chi connectivity index (χ1v) is 15.8. The smallest absolute Gasteiger partial charge is 0.214 e. The van der Waals surface area contributed by atoms with Crippen molar-refractivity contribution in [2.75, 3.05) is 30.8 Å². The van der Waals surface area contributed by atoms with Crippen molar-refractivity contribution < 1.29 is 16.8 Å². The molecule has 1 N–H and O–H groups in total. The zero-order valence-electron chi connectivity index (χ0n) is 20.5. The molecule has 1 aromatic carbocycles. The van der Waals surface area contributed by atoms with Crippen LogP contribution in [0.3, 0.4) is 0 Å². The number of nitrogens with zero attached hydrogens (tertiary/aromatic N) is 4. The van der Waals surface area contributed by atoms with Crippen LogP contribution in [0.1, 0.15) is 37.7 Å². The van der Waals surface area contributed by atoms with Crippen molar-refractivity contribution in [2.45, 2.75) is 49.1 Å². The predicted molar refractivity (Wildman–Crippen MR) is 141 cm³/mol. The minimum Gasteiger partial charge on any atom is -0.356 e. The van der Waals surface area contributed by atoms with Crippen molar-refractivity contribution in [1.29, 1.82) is 0 Å². The fourth-order valence-electron chi connectivity index (χ4n) is 5.58. The van der Waals surface area contributed by atoms with Gasteiger partial charge in [-0.05, 0) is 49.7 Å². The average molecular weight is 532 g/mol. The summed E-state index contributed by atoms with van der Waals surface area (Å²) >= 11 is 0. The molecule has 1 aliphatic carbocycles. The van der Waals surface area contributed by atoms with Crippen LogP contribution in [0.2, 0.25) is 0 Å². The lowest BCUT2D eigenvalue weighted by Crippen LogP contribution is -2.39. The lowest BCUT2D eigenvalue weighted by Gasteiger charge is -2.35. The molecule has 1 atom stereocenters. The second-order valence-corrected chi connectivity index (χ2v) is 14.4. The molecule has 0 spiro atoms. The van der Waals surface area contributed by atoms with Gasteiger partial charge in [0.15, 0.2) is 9.84 Å². The van der Waals surface area contributed by atoms with Crippen LogP contribution < -0.4 is 4.90 Å². The number of nitrogens with one attached hydrogen (secondary N) is 1. The van der Waals surface area contributed by atoms with Crippen LogP contribution in [0, 0.1) is 5.92 Å². The first-order chi connectivity index (χ1) is 17.2. The van der Waals surface area contributed by atoms with Crippen LogP contribution in [0.15, 0.2) is 48.9 Å². The Bertz CT molecular complexity index is 1400. The largest absolute Gasteiger partial charge is 0.356 e. The Labute approximate surface area is 212 Å². The van der Waals surface area contributed by atoms with Gasteiger partial charge in [-0.15, -0.1) is 0 Å². The molecule has 2 fully saturated rings. The highest BCUT2D eigenvalue weighted by Gasteiger charge is 2.39. The van der Waals surface area contributed by atoms with Crippen LogP contribution >= 0.6 is 0 Å². The van der Waals surface area contributed by atoms with E-state index < -0.39 is 25.1 Å². The number of hydrogen-bond acceptors (Lipinski definition) is 7. The van der Waals surface area contributed by atoms with Gasteiger partial charge in [0, 0.05) is 32.4 Å². The molecular formula is C25H33N5O4S2. The fraction of sp³-hybridized carbons (Fsp3) is 0.520. The molecule has 2 aromatic heterocycles. The number of anilines is 1. The molecule has 5 rings (SSSR count). The first kappa shape index (κ1) is 25.2. The number of fused-ring (bicyclic) bond motifs is 1. The lowest BCUT2D eigenvalue weighted by molar-refractivity contribution is 0.336. The van der Waals surface area contributed by atoms with Crippen LogP contribution in [0.4, 0.5) is 5.82 Å². The van der Waals surface area contributed by atoms with Crippen LogP contribution in [-0.2, 0) is 25.6 Å². The highest BCUT2D eigenvalue weighted by atomic mass is 32.2. The van der Waals surface area contributed by atoms with E-state index in [9.17, 15) is 16.8 Å². The molecule has 1 saturated carbocycles. The van der Waals surface area contributed by atoms with Crippen molar-refractivity contribution >= 4 is 36.7 Å². The predicted octanol–water partition coefficient (Wildman–Crippen LogP) is 2.97. The summed E-state index contributed by atoms with van der Waals surface area (Å²) in [5.74, 6) is 1.00. The van der Waals surface area contributed by atoms with Gasteiger partial charge in [-0.3, -0.25) is 0 Å².